The highest BCUT2D eigenvalue weighted by atomic mass is 16.4. The van der Waals surface area contributed by atoms with E-state index in [9.17, 15) is 4.79 Å². The lowest BCUT2D eigenvalue weighted by molar-refractivity contribution is 0.0697. The number of imidazole rings is 1. The molecule has 94 valence electrons. The number of hydrogen-bond acceptors (Lipinski definition) is 3. The molecule has 0 aliphatic carbocycles. The predicted molar refractivity (Wildman–Crippen MR) is 68.6 cm³/mol. The average Bonchev–Trinajstić information content (AvgIpc) is 2.84. The van der Waals surface area contributed by atoms with E-state index in [2.05, 4.69) is 10.3 Å². The molecule has 0 bridgehead atoms. The normalized spacial score (nSPS) is 10.3. The average molecular weight is 245 g/mol. The van der Waals surface area contributed by atoms with Crippen molar-refractivity contribution in [2.24, 2.45) is 0 Å². The standard InChI is InChI=1S/C13H15N3O2/c1-2-16-7-6-14-13(16)15-9-10-4-3-5-11(8-10)12(17)18/h3-8H,2,9H2,1H3,(H,14,15)(H,17,18). The fraction of sp³-hybridized carbons (Fsp3) is 0.231. The zero-order valence-electron chi connectivity index (χ0n) is 10.1. The van der Waals surface area contributed by atoms with Crippen molar-refractivity contribution in [1.82, 2.24) is 9.55 Å². The van der Waals surface area contributed by atoms with Gasteiger partial charge in [0.15, 0.2) is 0 Å². The molecule has 0 saturated carbocycles. The number of aromatic carboxylic acids is 1. The number of anilines is 1. The Kier molecular flexibility index (Phi) is 3.62. The number of carboxylic acid groups (broad SMARTS) is 1. The van der Waals surface area contributed by atoms with Gasteiger partial charge in [0.25, 0.3) is 0 Å². The van der Waals surface area contributed by atoms with Gasteiger partial charge in [-0.25, -0.2) is 9.78 Å². The van der Waals surface area contributed by atoms with Crippen LogP contribution in [0.25, 0.3) is 0 Å². The molecule has 1 aromatic heterocycles. The van der Waals surface area contributed by atoms with Gasteiger partial charge in [-0.15, -0.1) is 0 Å². The van der Waals surface area contributed by atoms with E-state index in [-0.39, 0.29) is 0 Å². The minimum Gasteiger partial charge on any atom is -0.478 e. The Morgan fingerprint density at radius 1 is 1.50 bits per heavy atom. The summed E-state index contributed by atoms with van der Waals surface area (Å²) in [5.41, 5.74) is 1.22. The number of benzene rings is 1. The summed E-state index contributed by atoms with van der Waals surface area (Å²) < 4.78 is 1.99. The van der Waals surface area contributed by atoms with E-state index in [1.807, 2.05) is 23.8 Å². The molecule has 5 nitrogen and oxygen atoms in total. The first-order chi connectivity index (χ1) is 8.70. The van der Waals surface area contributed by atoms with Crippen molar-refractivity contribution in [1.29, 1.82) is 0 Å². The third kappa shape index (κ3) is 2.68. The van der Waals surface area contributed by atoms with Gasteiger partial charge >= 0.3 is 5.97 Å². The van der Waals surface area contributed by atoms with Crippen LogP contribution in [0, 0.1) is 0 Å². The Morgan fingerprint density at radius 3 is 3.06 bits per heavy atom. The number of hydrogen-bond donors (Lipinski definition) is 2. The van der Waals surface area contributed by atoms with Gasteiger partial charge in [-0.3, -0.25) is 0 Å². The minimum absolute atomic E-state index is 0.299. The molecule has 0 amide bonds. The minimum atomic E-state index is -0.910. The molecular weight excluding hydrogens is 230 g/mol. The zero-order valence-corrected chi connectivity index (χ0v) is 10.1. The maximum Gasteiger partial charge on any atom is 0.335 e. The van der Waals surface area contributed by atoms with Crippen LogP contribution in [0.2, 0.25) is 0 Å². The maximum absolute atomic E-state index is 10.8. The highest BCUT2D eigenvalue weighted by molar-refractivity contribution is 5.87. The topological polar surface area (TPSA) is 67.2 Å². The van der Waals surface area contributed by atoms with Crippen LogP contribution >= 0.6 is 0 Å². The zero-order chi connectivity index (χ0) is 13.0. The Labute approximate surface area is 105 Å². The molecule has 0 radical (unpaired) electrons. The van der Waals surface area contributed by atoms with Gasteiger partial charge in [0, 0.05) is 25.5 Å². The number of aromatic nitrogens is 2. The van der Waals surface area contributed by atoms with E-state index in [4.69, 9.17) is 5.11 Å². The number of nitrogens with zero attached hydrogens (tertiary/aromatic N) is 2. The summed E-state index contributed by atoms with van der Waals surface area (Å²) >= 11 is 0. The SMILES string of the molecule is CCn1ccnc1NCc1cccc(C(=O)O)c1. The molecular formula is C13H15N3O2. The summed E-state index contributed by atoms with van der Waals surface area (Å²) in [4.78, 5) is 15.0. The first-order valence-electron chi connectivity index (χ1n) is 5.78. The van der Waals surface area contributed by atoms with Crippen molar-refractivity contribution >= 4 is 11.9 Å². The second-order valence-corrected chi connectivity index (χ2v) is 3.90. The molecule has 1 heterocycles. The van der Waals surface area contributed by atoms with E-state index in [1.54, 1.807) is 24.4 Å². The van der Waals surface area contributed by atoms with Crippen LogP contribution < -0.4 is 5.32 Å². The van der Waals surface area contributed by atoms with E-state index in [0.717, 1.165) is 18.1 Å². The van der Waals surface area contributed by atoms with Gasteiger partial charge in [0.05, 0.1) is 5.56 Å². The van der Waals surface area contributed by atoms with Crippen molar-refractivity contribution in [2.45, 2.75) is 20.0 Å². The van der Waals surface area contributed by atoms with Gasteiger partial charge in [-0.1, -0.05) is 12.1 Å². The largest absolute Gasteiger partial charge is 0.478 e. The van der Waals surface area contributed by atoms with Crippen LogP contribution in [0.15, 0.2) is 36.7 Å². The van der Waals surface area contributed by atoms with Crippen molar-refractivity contribution in [2.75, 3.05) is 5.32 Å². The molecule has 5 heteroatoms. The molecule has 0 spiro atoms. The van der Waals surface area contributed by atoms with Crippen LogP contribution in [0.1, 0.15) is 22.8 Å². The third-order valence-corrected chi connectivity index (χ3v) is 2.68. The molecule has 0 aliphatic rings. The summed E-state index contributed by atoms with van der Waals surface area (Å²) in [5, 5.41) is 12.1. The van der Waals surface area contributed by atoms with E-state index in [0.29, 0.717) is 12.1 Å². The van der Waals surface area contributed by atoms with Gasteiger partial charge in [-0.2, -0.15) is 0 Å². The van der Waals surface area contributed by atoms with E-state index in [1.165, 1.54) is 0 Å². The number of rotatable bonds is 5. The summed E-state index contributed by atoms with van der Waals surface area (Å²) in [6.07, 6.45) is 3.63. The summed E-state index contributed by atoms with van der Waals surface area (Å²) in [6, 6.07) is 6.87. The maximum atomic E-state index is 10.8. The van der Waals surface area contributed by atoms with Gasteiger partial charge < -0.3 is 15.0 Å². The lowest BCUT2D eigenvalue weighted by Crippen LogP contribution is -2.07. The molecule has 2 rings (SSSR count). The highest BCUT2D eigenvalue weighted by Crippen LogP contribution is 2.09. The summed E-state index contributed by atoms with van der Waals surface area (Å²) in [5.74, 6) is -0.120. The lowest BCUT2D eigenvalue weighted by atomic mass is 10.1. The molecule has 0 atom stereocenters. The lowest BCUT2D eigenvalue weighted by Gasteiger charge is -2.08. The molecule has 0 fully saturated rings. The van der Waals surface area contributed by atoms with Crippen molar-refractivity contribution < 1.29 is 9.90 Å². The fourth-order valence-electron chi connectivity index (χ4n) is 1.73. The monoisotopic (exact) mass is 245 g/mol. The number of nitrogens with one attached hydrogen (secondary N) is 1. The molecule has 18 heavy (non-hydrogen) atoms. The first kappa shape index (κ1) is 12.2. The van der Waals surface area contributed by atoms with Crippen LogP contribution in [-0.4, -0.2) is 20.6 Å². The number of aryl methyl sites for hydroxylation is 1. The second kappa shape index (κ2) is 5.35. The van der Waals surface area contributed by atoms with Gasteiger partial charge in [-0.05, 0) is 24.6 Å². The van der Waals surface area contributed by atoms with Crippen LogP contribution in [-0.2, 0) is 13.1 Å². The van der Waals surface area contributed by atoms with Crippen LogP contribution in [0.4, 0.5) is 5.95 Å². The Morgan fingerprint density at radius 2 is 2.33 bits per heavy atom. The summed E-state index contributed by atoms with van der Waals surface area (Å²) in [7, 11) is 0. The molecule has 2 N–H and O–H groups in total. The molecule has 0 aliphatic heterocycles. The van der Waals surface area contributed by atoms with Crippen molar-refractivity contribution in [3.8, 4) is 0 Å². The third-order valence-electron chi connectivity index (χ3n) is 2.68. The molecule has 0 saturated heterocycles. The Hall–Kier alpha value is -2.30. The van der Waals surface area contributed by atoms with E-state index < -0.39 is 5.97 Å². The van der Waals surface area contributed by atoms with Gasteiger partial charge in [0.2, 0.25) is 5.95 Å². The predicted octanol–water partition coefficient (Wildman–Crippen LogP) is 2.21. The molecule has 0 unspecified atom stereocenters. The molecule has 2 aromatic rings. The number of carboxylic acids is 1. The van der Waals surface area contributed by atoms with Crippen LogP contribution in [0.3, 0.4) is 0 Å². The summed E-state index contributed by atoms with van der Waals surface area (Å²) in [6.45, 7) is 3.44. The number of carbonyl (C=O) groups is 1. The molecule has 1 aromatic carbocycles. The quantitative estimate of drug-likeness (QED) is 0.847. The van der Waals surface area contributed by atoms with Crippen molar-refractivity contribution in [3.63, 3.8) is 0 Å². The van der Waals surface area contributed by atoms with Gasteiger partial charge in [0.1, 0.15) is 0 Å². The van der Waals surface area contributed by atoms with E-state index >= 15 is 0 Å². The second-order valence-electron chi connectivity index (χ2n) is 3.90. The highest BCUT2D eigenvalue weighted by Gasteiger charge is 2.04. The fourth-order valence-corrected chi connectivity index (χ4v) is 1.73. The Balaban J connectivity index is 2.06. The smallest absolute Gasteiger partial charge is 0.335 e. The van der Waals surface area contributed by atoms with Crippen LogP contribution in [0.5, 0.6) is 0 Å². The first-order valence-corrected chi connectivity index (χ1v) is 5.78. The Bertz CT molecular complexity index is 549. The van der Waals surface area contributed by atoms with Crippen molar-refractivity contribution in [3.05, 3.63) is 47.8 Å².